The van der Waals surface area contributed by atoms with Crippen LogP contribution in [0.2, 0.25) is 5.02 Å². The van der Waals surface area contributed by atoms with E-state index in [1.165, 1.54) is 12.8 Å². The van der Waals surface area contributed by atoms with Gasteiger partial charge in [0, 0.05) is 35.2 Å². The number of rotatable bonds is 1. The maximum atomic E-state index is 6.41. The Balaban J connectivity index is 1.67. The lowest BCUT2D eigenvalue weighted by molar-refractivity contribution is 0.0268. The van der Waals surface area contributed by atoms with Gasteiger partial charge in [0.05, 0.1) is 5.02 Å². The zero-order chi connectivity index (χ0) is 17.7. The van der Waals surface area contributed by atoms with Gasteiger partial charge in [0.25, 0.3) is 0 Å². The fourth-order valence-corrected chi connectivity index (χ4v) is 5.84. The second kappa shape index (κ2) is 6.17. The van der Waals surface area contributed by atoms with Crippen molar-refractivity contribution in [1.82, 2.24) is 4.98 Å². The molecule has 2 aromatic rings. The summed E-state index contributed by atoms with van der Waals surface area (Å²) in [5, 5.41) is 1.33. The summed E-state index contributed by atoms with van der Waals surface area (Å²) in [5.41, 5.74) is 9.11. The molecular formula is C20H20ClN3OS. The number of hydrogen-bond acceptors (Lipinski definition) is 5. The van der Waals surface area contributed by atoms with Crippen LogP contribution in [0.25, 0.3) is 11.1 Å². The van der Waals surface area contributed by atoms with Crippen molar-refractivity contribution in [1.29, 1.82) is 0 Å². The van der Waals surface area contributed by atoms with Crippen LogP contribution in [-0.2, 0) is 5.54 Å². The van der Waals surface area contributed by atoms with Crippen molar-refractivity contribution in [2.45, 2.75) is 37.3 Å². The predicted molar refractivity (Wildman–Crippen MR) is 107 cm³/mol. The number of ether oxygens (including phenoxy) is 1. The molecule has 1 aromatic heterocycles. The maximum absolute atomic E-state index is 6.41. The number of aromatic nitrogens is 1. The molecule has 2 unspecified atom stereocenters. The molecule has 4 nitrogen and oxygen atoms in total. The molecule has 1 spiro atoms. The monoisotopic (exact) mass is 385 g/mol. The Morgan fingerprint density at radius 3 is 2.85 bits per heavy atom. The summed E-state index contributed by atoms with van der Waals surface area (Å²) in [5.74, 6) is 2.24. The van der Waals surface area contributed by atoms with Crippen molar-refractivity contribution in [2.75, 3.05) is 5.75 Å². The first-order chi connectivity index (χ1) is 12.7. The van der Waals surface area contributed by atoms with E-state index in [0.717, 1.165) is 41.0 Å². The third kappa shape index (κ3) is 2.52. The quantitative estimate of drug-likeness (QED) is 0.778. The highest BCUT2D eigenvalue weighted by molar-refractivity contribution is 8.14. The summed E-state index contributed by atoms with van der Waals surface area (Å²) < 4.78 is 6.41. The molecule has 3 atom stereocenters. The standard InChI is InChI=1S/C20H20ClN3OS/c21-14-7-13(9-23-10-14)12-5-6-18-16(8-12)20(11-26-19(22)24-20)15-3-1-2-4-17(15)25-18/h5-10,15,17H,1-4,11H2,(H2,22,24)/t15-,17?,20?/m1/s1. The van der Waals surface area contributed by atoms with Crippen molar-refractivity contribution in [3.05, 3.63) is 47.2 Å². The smallest absolute Gasteiger partial charge is 0.154 e. The molecule has 1 fully saturated rings. The van der Waals surface area contributed by atoms with Crippen molar-refractivity contribution in [3.8, 4) is 16.9 Å². The SMILES string of the molecule is NC1=NC2(CS1)c1cc(-c3cncc(Cl)c3)ccc1OC1CCCC[C@H]12. The number of amidine groups is 1. The number of benzene rings is 1. The summed E-state index contributed by atoms with van der Waals surface area (Å²) in [6.07, 6.45) is 8.44. The van der Waals surface area contributed by atoms with Crippen molar-refractivity contribution in [3.63, 3.8) is 0 Å². The number of thioether (sulfide) groups is 1. The second-order valence-electron chi connectivity index (χ2n) is 7.31. The van der Waals surface area contributed by atoms with Gasteiger partial charge in [0.15, 0.2) is 5.17 Å². The third-order valence-electron chi connectivity index (χ3n) is 5.83. The Morgan fingerprint density at radius 1 is 1.15 bits per heavy atom. The van der Waals surface area contributed by atoms with Crippen LogP contribution in [0, 0.1) is 5.92 Å². The number of pyridine rings is 1. The van der Waals surface area contributed by atoms with E-state index in [1.807, 2.05) is 12.3 Å². The van der Waals surface area contributed by atoms with E-state index >= 15 is 0 Å². The molecule has 1 aromatic carbocycles. The predicted octanol–water partition coefficient (Wildman–Crippen LogP) is 4.61. The highest BCUT2D eigenvalue weighted by atomic mass is 35.5. The first-order valence-electron chi connectivity index (χ1n) is 9.06. The molecule has 2 aliphatic heterocycles. The van der Waals surface area contributed by atoms with Crippen LogP contribution in [0.1, 0.15) is 31.2 Å². The lowest BCUT2D eigenvalue weighted by Crippen LogP contribution is -2.49. The first kappa shape index (κ1) is 16.5. The van der Waals surface area contributed by atoms with Crippen LogP contribution in [0.3, 0.4) is 0 Å². The first-order valence-corrected chi connectivity index (χ1v) is 10.4. The van der Waals surface area contributed by atoms with Crippen LogP contribution in [-0.4, -0.2) is 22.0 Å². The van der Waals surface area contributed by atoms with Gasteiger partial charge < -0.3 is 10.5 Å². The van der Waals surface area contributed by atoms with Crippen LogP contribution in [0.4, 0.5) is 0 Å². The van der Waals surface area contributed by atoms with Gasteiger partial charge in [-0.25, -0.2) is 4.99 Å². The summed E-state index contributed by atoms with van der Waals surface area (Å²) >= 11 is 7.80. The normalized spacial score (nSPS) is 29.7. The molecule has 3 aliphatic rings. The number of aliphatic imine (C=N–C) groups is 1. The van der Waals surface area contributed by atoms with Crippen LogP contribution in [0.15, 0.2) is 41.7 Å². The molecule has 134 valence electrons. The number of hydrogen-bond donors (Lipinski definition) is 1. The van der Waals surface area contributed by atoms with E-state index in [9.17, 15) is 0 Å². The largest absolute Gasteiger partial charge is 0.490 e. The highest BCUT2D eigenvalue weighted by Crippen LogP contribution is 2.54. The second-order valence-corrected chi connectivity index (χ2v) is 8.75. The number of nitrogens with zero attached hydrogens (tertiary/aromatic N) is 2. The maximum Gasteiger partial charge on any atom is 0.154 e. The molecule has 1 saturated carbocycles. The van der Waals surface area contributed by atoms with Gasteiger partial charge in [0.1, 0.15) is 17.4 Å². The number of nitrogens with two attached hydrogens (primary N) is 1. The summed E-state index contributed by atoms with van der Waals surface area (Å²) in [6, 6.07) is 8.30. The summed E-state index contributed by atoms with van der Waals surface area (Å²) in [7, 11) is 0. The van der Waals surface area contributed by atoms with Gasteiger partial charge in [-0.1, -0.05) is 35.9 Å². The Kier molecular flexibility index (Phi) is 3.90. The van der Waals surface area contributed by atoms with Gasteiger partial charge in [-0.3, -0.25) is 4.98 Å². The fourth-order valence-electron chi connectivity index (χ4n) is 4.64. The Labute approximate surface area is 162 Å². The van der Waals surface area contributed by atoms with E-state index in [0.29, 0.717) is 16.1 Å². The summed E-state index contributed by atoms with van der Waals surface area (Å²) in [4.78, 5) is 9.22. The average Bonchev–Trinajstić information content (AvgIpc) is 3.04. The Morgan fingerprint density at radius 2 is 2.04 bits per heavy atom. The highest BCUT2D eigenvalue weighted by Gasteiger charge is 2.53. The molecule has 0 amide bonds. The zero-order valence-corrected chi connectivity index (χ0v) is 15.9. The van der Waals surface area contributed by atoms with Gasteiger partial charge >= 0.3 is 0 Å². The molecule has 0 saturated heterocycles. The van der Waals surface area contributed by atoms with E-state index in [1.54, 1.807) is 18.0 Å². The lowest BCUT2D eigenvalue weighted by atomic mass is 9.68. The van der Waals surface area contributed by atoms with Gasteiger partial charge in [-0.05, 0) is 43.0 Å². The fraction of sp³-hybridized carbons (Fsp3) is 0.400. The van der Waals surface area contributed by atoms with E-state index in [-0.39, 0.29) is 11.6 Å². The third-order valence-corrected chi connectivity index (χ3v) is 7.01. The minimum atomic E-state index is -0.268. The lowest BCUT2D eigenvalue weighted by Gasteiger charge is -2.47. The molecule has 26 heavy (non-hydrogen) atoms. The number of fused-ring (bicyclic) bond motifs is 4. The minimum absolute atomic E-state index is 0.241. The van der Waals surface area contributed by atoms with E-state index < -0.39 is 0 Å². The van der Waals surface area contributed by atoms with Gasteiger partial charge in [-0.15, -0.1) is 0 Å². The topological polar surface area (TPSA) is 60.5 Å². The van der Waals surface area contributed by atoms with Crippen molar-refractivity contribution < 1.29 is 4.74 Å². The zero-order valence-electron chi connectivity index (χ0n) is 14.3. The molecular weight excluding hydrogens is 366 g/mol. The molecule has 0 bridgehead atoms. The average molecular weight is 386 g/mol. The van der Waals surface area contributed by atoms with E-state index in [4.69, 9.17) is 27.1 Å². The molecule has 5 rings (SSSR count). The molecule has 6 heteroatoms. The van der Waals surface area contributed by atoms with Crippen molar-refractivity contribution >= 4 is 28.5 Å². The van der Waals surface area contributed by atoms with E-state index in [2.05, 4.69) is 23.2 Å². The number of halogens is 1. The van der Waals surface area contributed by atoms with Gasteiger partial charge in [-0.2, -0.15) is 0 Å². The Hall–Kier alpha value is -1.72. The van der Waals surface area contributed by atoms with Crippen LogP contribution >= 0.6 is 23.4 Å². The van der Waals surface area contributed by atoms with Crippen LogP contribution < -0.4 is 10.5 Å². The van der Waals surface area contributed by atoms with Crippen molar-refractivity contribution in [2.24, 2.45) is 16.6 Å². The molecule has 2 N–H and O–H groups in total. The summed E-state index contributed by atoms with van der Waals surface area (Å²) in [6.45, 7) is 0. The molecule has 1 aliphatic carbocycles. The minimum Gasteiger partial charge on any atom is -0.490 e. The molecule has 3 heterocycles. The van der Waals surface area contributed by atoms with Crippen LogP contribution in [0.5, 0.6) is 5.75 Å². The Bertz CT molecular complexity index is 902. The van der Waals surface area contributed by atoms with Gasteiger partial charge in [0.2, 0.25) is 0 Å². The molecule has 0 radical (unpaired) electrons.